The van der Waals surface area contributed by atoms with Gasteiger partial charge in [0.2, 0.25) is 0 Å². The van der Waals surface area contributed by atoms with Crippen molar-refractivity contribution in [2.24, 2.45) is 7.05 Å². The fourth-order valence-electron chi connectivity index (χ4n) is 1.28. The van der Waals surface area contributed by atoms with Gasteiger partial charge in [-0.1, -0.05) is 5.21 Å². The molecule has 0 aliphatic carbocycles. The van der Waals surface area contributed by atoms with Gasteiger partial charge in [0.05, 0.1) is 18.2 Å². The predicted molar refractivity (Wildman–Crippen MR) is 49.8 cm³/mol. The highest BCUT2D eigenvalue weighted by molar-refractivity contribution is 5.93. The van der Waals surface area contributed by atoms with Crippen molar-refractivity contribution in [3.05, 3.63) is 23.8 Å². The molecule has 2 rings (SSSR count). The zero-order valence-electron chi connectivity index (χ0n) is 7.89. The third-order valence-electron chi connectivity index (χ3n) is 2.03. The normalized spacial score (nSPS) is 10.4. The molecule has 0 aliphatic heterocycles. The summed E-state index contributed by atoms with van der Waals surface area (Å²) in [6.45, 7) is 0. The molecule has 0 bridgehead atoms. The van der Waals surface area contributed by atoms with Crippen LogP contribution in [-0.2, 0) is 11.8 Å². The highest BCUT2D eigenvalue weighted by Crippen LogP contribution is 2.12. The molecule has 0 N–H and O–H groups in total. The summed E-state index contributed by atoms with van der Waals surface area (Å²) in [4.78, 5) is 11.2. The van der Waals surface area contributed by atoms with Gasteiger partial charge in [-0.2, -0.15) is 0 Å². The Kier molecular flexibility index (Phi) is 1.92. The molecule has 0 saturated carbocycles. The minimum Gasteiger partial charge on any atom is -0.465 e. The van der Waals surface area contributed by atoms with Gasteiger partial charge in [-0.3, -0.25) is 0 Å². The summed E-state index contributed by atoms with van der Waals surface area (Å²) in [5, 5.41) is 7.74. The van der Waals surface area contributed by atoms with Crippen LogP contribution < -0.4 is 0 Å². The zero-order valence-corrected chi connectivity index (χ0v) is 7.89. The Labute approximate surface area is 80.3 Å². The molecule has 72 valence electrons. The maximum absolute atomic E-state index is 11.2. The first kappa shape index (κ1) is 8.68. The number of benzene rings is 1. The van der Waals surface area contributed by atoms with Gasteiger partial charge in [0.15, 0.2) is 0 Å². The number of ether oxygens (including phenoxy) is 1. The van der Waals surface area contributed by atoms with Crippen LogP contribution in [0.4, 0.5) is 0 Å². The van der Waals surface area contributed by atoms with Gasteiger partial charge in [-0.15, -0.1) is 5.10 Å². The lowest BCUT2D eigenvalue weighted by atomic mass is 10.2. The van der Waals surface area contributed by atoms with E-state index in [0.717, 1.165) is 11.0 Å². The number of esters is 1. The van der Waals surface area contributed by atoms with Crippen LogP contribution in [0.1, 0.15) is 10.4 Å². The number of carbonyl (C=O) groups excluding carboxylic acids is 1. The van der Waals surface area contributed by atoms with Crippen LogP contribution in [-0.4, -0.2) is 28.1 Å². The maximum Gasteiger partial charge on any atom is 0.337 e. The SMILES string of the molecule is COC(=O)c1ccc2nnn(C)c2c1. The average molecular weight is 191 g/mol. The molecule has 1 heterocycles. The van der Waals surface area contributed by atoms with Crippen molar-refractivity contribution >= 4 is 17.0 Å². The molecule has 0 atom stereocenters. The zero-order chi connectivity index (χ0) is 10.1. The van der Waals surface area contributed by atoms with Crippen LogP contribution in [0.2, 0.25) is 0 Å². The lowest BCUT2D eigenvalue weighted by Crippen LogP contribution is -2.01. The van der Waals surface area contributed by atoms with Crippen LogP contribution in [0.3, 0.4) is 0 Å². The highest BCUT2D eigenvalue weighted by Gasteiger charge is 2.08. The fraction of sp³-hybridized carbons (Fsp3) is 0.222. The first-order chi connectivity index (χ1) is 6.72. The smallest absolute Gasteiger partial charge is 0.337 e. The predicted octanol–water partition coefficient (Wildman–Crippen LogP) is 0.755. The Morgan fingerprint density at radius 2 is 2.29 bits per heavy atom. The Morgan fingerprint density at radius 1 is 1.50 bits per heavy atom. The molecule has 14 heavy (non-hydrogen) atoms. The Balaban J connectivity index is 2.60. The van der Waals surface area contributed by atoms with Crippen molar-refractivity contribution in [1.82, 2.24) is 15.0 Å². The molecule has 0 spiro atoms. The van der Waals surface area contributed by atoms with E-state index in [1.165, 1.54) is 7.11 Å². The molecule has 5 heteroatoms. The van der Waals surface area contributed by atoms with Crippen molar-refractivity contribution in [3.63, 3.8) is 0 Å². The number of rotatable bonds is 1. The maximum atomic E-state index is 11.2. The van der Waals surface area contributed by atoms with Gasteiger partial charge in [0.25, 0.3) is 0 Å². The van der Waals surface area contributed by atoms with Gasteiger partial charge >= 0.3 is 5.97 Å². The van der Waals surface area contributed by atoms with Crippen LogP contribution in [0.5, 0.6) is 0 Å². The van der Waals surface area contributed by atoms with Crippen LogP contribution in [0.25, 0.3) is 11.0 Å². The standard InChI is InChI=1S/C9H9N3O2/c1-12-8-5-6(9(13)14-2)3-4-7(8)10-11-12/h3-5H,1-2H3. The Bertz CT molecular complexity index is 490. The number of hydrogen-bond donors (Lipinski definition) is 0. The van der Waals surface area contributed by atoms with Crippen molar-refractivity contribution in [1.29, 1.82) is 0 Å². The van der Waals surface area contributed by atoms with Gasteiger partial charge < -0.3 is 4.74 Å². The molecule has 0 unspecified atom stereocenters. The fourth-order valence-corrected chi connectivity index (χ4v) is 1.28. The molecule has 0 saturated heterocycles. The molecular formula is C9H9N3O2. The molecule has 1 aromatic heterocycles. The van der Waals surface area contributed by atoms with Crippen LogP contribution >= 0.6 is 0 Å². The average Bonchev–Trinajstić information content (AvgIpc) is 2.59. The second kappa shape index (κ2) is 3.10. The lowest BCUT2D eigenvalue weighted by Gasteiger charge is -1.98. The third kappa shape index (κ3) is 1.22. The van der Waals surface area contributed by atoms with Gasteiger partial charge in [-0.05, 0) is 18.2 Å². The number of nitrogens with zero attached hydrogens (tertiary/aromatic N) is 3. The van der Waals surface area contributed by atoms with E-state index in [-0.39, 0.29) is 5.97 Å². The largest absolute Gasteiger partial charge is 0.465 e. The monoisotopic (exact) mass is 191 g/mol. The van der Waals surface area contributed by atoms with E-state index < -0.39 is 0 Å². The molecule has 0 fully saturated rings. The first-order valence-electron chi connectivity index (χ1n) is 4.10. The molecule has 0 amide bonds. The summed E-state index contributed by atoms with van der Waals surface area (Å²) >= 11 is 0. The van der Waals surface area contributed by atoms with E-state index in [1.54, 1.807) is 29.9 Å². The van der Waals surface area contributed by atoms with Crippen molar-refractivity contribution in [2.45, 2.75) is 0 Å². The highest BCUT2D eigenvalue weighted by atomic mass is 16.5. The topological polar surface area (TPSA) is 57.0 Å². The Morgan fingerprint density at radius 3 is 3.00 bits per heavy atom. The van der Waals surface area contributed by atoms with E-state index in [0.29, 0.717) is 5.56 Å². The Hall–Kier alpha value is -1.91. The van der Waals surface area contributed by atoms with Gasteiger partial charge in [-0.25, -0.2) is 9.48 Å². The second-order valence-electron chi connectivity index (χ2n) is 2.91. The number of aryl methyl sites for hydroxylation is 1. The first-order valence-corrected chi connectivity index (χ1v) is 4.10. The number of carbonyl (C=O) groups is 1. The summed E-state index contributed by atoms with van der Waals surface area (Å²) in [5.74, 6) is -0.354. The summed E-state index contributed by atoms with van der Waals surface area (Å²) in [6, 6.07) is 5.12. The molecule has 1 aromatic carbocycles. The van der Waals surface area contributed by atoms with Gasteiger partial charge in [0.1, 0.15) is 5.52 Å². The van der Waals surface area contributed by atoms with Crippen molar-refractivity contribution in [3.8, 4) is 0 Å². The molecular weight excluding hydrogens is 182 g/mol. The number of fused-ring (bicyclic) bond motifs is 1. The van der Waals surface area contributed by atoms with Crippen molar-refractivity contribution in [2.75, 3.05) is 7.11 Å². The van der Waals surface area contributed by atoms with E-state index in [2.05, 4.69) is 15.0 Å². The quantitative estimate of drug-likeness (QED) is 0.624. The lowest BCUT2D eigenvalue weighted by molar-refractivity contribution is 0.0601. The van der Waals surface area contributed by atoms with E-state index in [1.807, 2.05) is 0 Å². The van der Waals surface area contributed by atoms with E-state index in [9.17, 15) is 4.79 Å². The van der Waals surface area contributed by atoms with Crippen molar-refractivity contribution < 1.29 is 9.53 Å². The summed E-state index contributed by atoms with van der Waals surface area (Å²) in [6.07, 6.45) is 0. The molecule has 0 radical (unpaired) electrons. The minimum absolute atomic E-state index is 0.354. The minimum atomic E-state index is -0.354. The number of aromatic nitrogens is 3. The molecule has 0 aliphatic rings. The van der Waals surface area contributed by atoms with Gasteiger partial charge in [0, 0.05) is 7.05 Å². The van der Waals surface area contributed by atoms with Crippen LogP contribution in [0, 0.1) is 0 Å². The van der Waals surface area contributed by atoms with E-state index >= 15 is 0 Å². The van der Waals surface area contributed by atoms with Crippen LogP contribution in [0.15, 0.2) is 18.2 Å². The molecule has 5 nitrogen and oxygen atoms in total. The summed E-state index contributed by atoms with van der Waals surface area (Å²) < 4.78 is 6.23. The van der Waals surface area contributed by atoms with E-state index in [4.69, 9.17) is 0 Å². The summed E-state index contributed by atoms with van der Waals surface area (Å²) in [5.41, 5.74) is 2.08. The molecule has 2 aromatic rings. The third-order valence-corrected chi connectivity index (χ3v) is 2.03. The summed E-state index contributed by atoms with van der Waals surface area (Å²) in [7, 11) is 3.13. The second-order valence-corrected chi connectivity index (χ2v) is 2.91. The number of methoxy groups -OCH3 is 1. The number of hydrogen-bond acceptors (Lipinski definition) is 4.